The maximum atomic E-state index is 5.03. The van der Waals surface area contributed by atoms with Gasteiger partial charge in [-0.1, -0.05) is 17.7 Å². The Morgan fingerprint density at radius 1 is 0.607 bits per heavy atom. The van der Waals surface area contributed by atoms with Crippen LogP contribution in [0, 0.1) is 62.3 Å². The first-order valence-electron chi connectivity index (χ1n) is 9.86. The van der Waals surface area contributed by atoms with E-state index in [2.05, 4.69) is 101 Å². The minimum absolute atomic E-state index is 0.914. The van der Waals surface area contributed by atoms with Crippen LogP contribution in [0.5, 0.6) is 0 Å². The highest BCUT2D eigenvalue weighted by atomic mass is 15.4. The van der Waals surface area contributed by atoms with Gasteiger partial charge in [0.1, 0.15) is 5.36 Å². The Labute approximate surface area is 168 Å². The number of aryl methyl sites for hydroxylation is 1. The third-order valence-electron chi connectivity index (χ3n) is 6.33. The quantitative estimate of drug-likeness (QED) is 0.661. The highest BCUT2D eigenvalue weighted by molar-refractivity contribution is 5.46. The van der Waals surface area contributed by atoms with Crippen molar-refractivity contribution in [1.82, 2.24) is 9.35 Å². The Morgan fingerprint density at radius 2 is 1.07 bits per heavy atom. The van der Waals surface area contributed by atoms with Crippen molar-refractivity contribution in [3.63, 3.8) is 0 Å². The van der Waals surface area contributed by atoms with E-state index in [1.807, 2.05) is 0 Å². The average molecular weight is 377 g/mol. The van der Waals surface area contributed by atoms with Crippen molar-refractivity contribution in [3.8, 4) is 0 Å². The van der Waals surface area contributed by atoms with Gasteiger partial charge in [0.2, 0.25) is 0 Å². The number of nitrogens with one attached hydrogen (secondary N) is 1. The van der Waals surface area contributed by atoms with Crippen LogP contribution in [-0.2, 0) is 0 Å². The minimum Gasteiger partial charge on any atom is -0.292 e. The predicted octanol–water partition coefficient (Wildman–Crippen LogP) is 5.30. The molecule has 28 heavy (non-hydrogen) atoms. The molecule has 0 unspecified atom stereocenters. The number of hydrogen-bond acceptors (Lipinski definition) is 2. The molecule has 0 atom stereocenters. The number of nitrogens with zero attached hydrogens (tertiary/aromatic N) is 3. The highest BCUT2D eigenvalue weighted by Gasteiger charge is 2.13. The molecule has 0 aliphatic carbocycles. The molecule has 4 heteroatoms. The molecule has 0 fully saturated rings. The summed E-state index contributed by atoms with van der Waals surface area (Å²) < 4.78 is 4.23. The van der Waals surface area contributed by atoms with Crippen molar-refractivity contribution in [2.75, 3.05) is 5.43 Å². The van der Waals surface area contributed by atoms with Gasteiger partial charge in [-0.2, -0.15) is 5.10 Å². The monoisotopic (exact) mass is 376 g/mol. The van der Waals surface area contributed by atoms with Crippen LogP contribution in [-0.4, -0.2) is 9.35 Å². The van der Waals surface area contributed by atoms with Crippen LogP contribution in [0.1, 0.15) is 50.6 Å². The van der Waals surface area contributed by atoms with Gasteiger partial charge in [0.05, 0.1) is 5.69 Å². The zero-order valence-electron chi connectivity index (χ0n) is 18.7. The van der Waals surface area contributed by atoms with Gasteiger partial charge in [-0.3, -0.25) is 10.1 Å². The molecule has 0 bridgehead atoms. The van der Waals surface area contributed by atoms with E-state index in [-0.39, 0.29) is 0 Å². The van der Waals surface area contributed by atoms with Crippen LogP contribution in [0.25, 0.3) is 0 Å². The number of hydrogen-bond donors (Lipinski definition) is 1. The Hall–Kier alpha value is -2.75. The van der Waals surface area contributed by atoms with Crippen molar-refractivity contribution in [2.24, 2.45) is 5.10 Å². The van der Waals surface area contributed by atoms with Crippen molar-refractivity contribution in [1.29, 1.82) is 0 Å². The van der Waals surface area contributed by atoms with E-state index in [9.17, 15) is 0 Å². The summed E-state index contributed by atoms with van der Waals surface area (Å²) in [6.07, 6.45) is 0. The number of rotatable bonds is 3. The fraction of sp³-hybridized carbons (Fsp3) is 0.375. The summed E-state index contributed by atoms with van der Waals surface area (Å²) in [5.74, 6) is 0. The molecule has 4 nitrogen and oxygen atoms in total. The molecule has 1 aromatic carbocycles. The fourth-order valence-corrected chi connectivity index (χ4v) is 3.63. The first-order valence-corrected chi connectivity index (χ1v) is 9.86. The summed E-state index contributed by atoms with van der Waals surface area (Å²) in [6.45, 7) is 19.4. The summed E-state index contributed by atoms with van der Waals surface area (Å²) in [6, 6.07) is 8.45. The Bertz CT molecular complexity index is 1080. The molecule has 0 aliphatic heterocycles. The lowest BCUT2D eigenvalue weighted by Crippen LogP contribution is -2.19. The molecule has 0 spiro atoms. The van der Waals surface area contributed by atoms with E-state index in [4.69, 9.17) is 5.10 Å². The molecule has 0 saturated heterocycles. The Kier molecular flexibility index (Phi) is 5.24. The molecule has 0 aliphatic rings. The molecule has 0 radical (unpaired) electrons. The predicted molar refractivity (Wildman–Crippen MR) is 118 cm³/mol. The second kappa shape index (κ2) is 7.34. The van der Waals surface area contributed by atoms with Crippen LogP contribution in [0.4, 0.5) is 5.69 Å². The SMILES string of the molecule is Cc1ccc(Nn2c(C)c(C)c(C)c2C)/c(=N\n2c(C)c(C)c(C)c2C)cc1. The average Bonchev–Trinajstić information content (AvgIpc) is 2.89. The number of anilines is 1. The van der Waals surface area contributed by atoms with E-state index < -0.39 is 0 Å². The van der Waals surface area contributed by atoms with Crippen molar-refractivity contribution in [3.05, 3.63) is 80.2 Å². The molecular formula is C24H32N4. The standard InChI is InChI=1S/C24H32N4/c1-14-10-12-23(25-27-19(6)15(2)16(3)20(27)7)24(13-11-14)26-28-21(8)17(4)18(5)22(28)9/h10-13H,1-9H3,(H,25,26). The van der Waals surface area contributed by atoms with E-state index in [1.165, 1.54) is 50.6 Å². The molecule has 3 aromatic rings. The van der Waals surface area contributed by atoms with Gasteiger partial charge < -0.3 is 0 Å². The highest BCUT2D eigenvalue weighted by Crippen LogP contribution is 2.21. The lowest BCUT2D eigenvalue weighted by atomic mass is 10.2. The van der Waals surface area contributed by atoms with E-state index in [0.717, 1.165) is 11.0 Å². The second-order valence-corrected chi connectivity index (χ2v) is 7.91. The van der Waals surface area contributed by atoms with Crippen LogP contribution in [0.3, 0.4) is 0 Å². The van der Waals surface area contributed by atoms with Crippen LogP contribution >= 0.6 is 0 Å². The van der Waals surface area contributed by atoms with Gasteiger partial charge in [-0.05, 0) is 96.7 Å². The normalized spacial score (nSPS) is 12.0. The molecule has 0 saturated carbocycles. The van der Waals surface area contributed by atoms with Gasteiger partial charge in [-0.25, -0.2) is 4.68 Å². The maximum absolute atomic E-state index is 5.03. The third-order valence-corrected chi connectivity index (χ3v) is 6.33. The van der Waals surface area contributed by atoms with Crippen LogP contribution in [0.2, 0.25) is 0 Å². The van der Waals surface area contributed by atoms with Gasteiger partial charge in [-0.15, -0.1) is 0 Å². The lowest BCUT2D eigenvalue weighted by molar-refractivity contribution is 0.774. The molecule has 2 aromatic heterocycles. The molecule has 148 valence electrons. The third kappa shape index (κ3) is 3.28. The van der Waals surface area contributed by atoms with E-state index >= 15 is 0 Å². The van der Waals surface area contributed by atoms with E-state index in [0.29, 0.717) is 0 Å². The molecule has 2 heterocycles. The van der Waals surface area contributed by atoms with Crippen molar-refractivity contribution < 1.29 is 0 Å². The zero-order valence-corrected chi connectivity index (χ0v) is 18.7. The van der Waals surface area contributed by atoms with E-state index in [1.54, 1.807) is 0 Å². The van der Waals surface area contributed by atoms with Gasteiger partial charge in [0.15, 0.2) is 0 Å². The fourth-order valence-electron chi connectivity index (χ4n) is 3.63. The second-order valence-electron chi connectivity index (χ2n) is 7.91. The lowest BCUT2D eigenvalue weighted by Gasteiger charge is -2.13. The Morgan fingerprint density at radius 3 is 1.61 bits per heavy atom. The largest absolute Gasteiger partial charge is 0.292 e. The van der Waals surface area contributed by atoms with Crippen molar-refractivity contribution in [2.45, 2.75) is 62.3 Å². The van der Waals surface area contributed by atoms with Crippen LogP contribution < -0.4 is 10.8 Å². The number of aromatic nitrogens is 2. The van der Waals surface area contributed by atoms with Crippen LogP contribution in [0.15, 0.2) is 29.4 Å². The summed E-state index contributed by atoms with van der Waals surface area (Å²) in [5.41, 5.74) is 15.9. The van der Waals surface area contributed by atoms with Crippen molar-refractivity contribution >= 4 is 5.69 Å². The first-order chi connectivity index (χ1) is 13.1. The summed E-state index contributed by atoms with van der Waals surface area (Å²) in [7, 11) is 0. The topological polar surface area (TPSA) is 34.2 Å². The Balaban J connectivity index is 2.24. The first kappa shape index (κ1) is 20.0. The molecular weight excluding hydrogens is 344 g/mol. The molecule has 1 N–H and O–H groups in total. The molecule has 0 amide bonds. The van der Waals surface area contributed by atoms with Gasteiger partial charge in [0, 0.05) is 22.8 Å². The maximum Gasteiger partial charge on any atom is 0.109 e. The zero-order chi connectivity index (χ0) is 20.7. The summed E-state index contributed by atoms with van der Waals surface area (Å²) in [5, 5.41) is 5.94. The van der Waals surface area contributed by atoms with Gasteiger partial charge in [0.25, 0.3) is 0 Å². The minimum atomic E-state index is 0.914. The van der Waals surface area contributed by atoms with Gasteiger partial charge >= 0.3 is 0 Å². The smallest absolute Gasteiger partial charge is 0.109 e. The summed E-state index contributed by atoms with van der Waals surface area (Å²) in [4.78, 5) is 0. The summed E-state index contributed by atoms with van der Waals surface area (Å²) >= 11 is 0. The molecule has 3 rings (SSSR count).